The minimum absolute atomic E-state index is 0.0109. The SMILES string of the molecule is CCOC(=O)c1nn(Cc2ccccc2)c(Cl)c1CCNC1CCc2ncccc2N(C)C1=O. The molecule has 0 fully saturated rings. The van der Waals surface area contributed by atoms with Gasteiger partial charge in [-0.05, 0) is 43.9 Å². The highest BCUT2D eigenvalue weighted by Gasteiger charge is 2.29. The van der Waals surface area contributed by atoms with Gasteiger partial charge in [-0.3, -0.25) is 9.78 Å². The maximum atomic E-state index is 13.0. The summed E-state index contributed by atoms with van der Waals surface area (Å²) in [5.74, 6) is -0.513. The Kier molecular flexibility index (Phi) is 7.59. The van der Waals surface area contributed by atoms with Crippen molar-refractivity contribution >= 4 is 29.2 Å². The summed E-state index contributed by atoms with van der Waals surface area (Å²) >= 11 is 6.67. The van der Waals surface area contributed by atoms with Crippen molar-refractivity contribution in [1.29, 1.82) is 0 Å². The molecule has 8 nitrogen and oxygen atoms in total. The summed E-state index contributed by atoms with van der Waals surface area (Å²) in [6.45, 7) is 2.90. The second-order valence-electron chi connectivity index (χ2n) is 8.14. The second-order valence-corrected chi connectivity index (χ2v) is 8.50. The highest BCUT2D eigenvalue weighted by Crippen LogP contribution is 2.25. The number of benzene rings is 1. The van der Waals surface area contributed by atoms with Gasteiger partial charge in [0.2, 0.25) is 5.91 Å². The highest BCUT2D eigenvalue weighted by molar-refractivity contribution is 6.30. The molecule has 0 radical (unpaired) electrons. The smallest absolute Gasteiger partial charge is 0.359 e. The first kappa shape index (κ1) is 23.9. The molecule has 1 amide bonds. The maximum absolute atomic E-state index is 13.0. The number of anilines is 1. The molecule has 2 aromatic heterocycles. The summed E-state index contributed by atoms with van der Waals surface area (Å²) in [6, 6.07) is 13.2. The number of likely N-dealkylation sites (N-methyl/N-ethyl adjacent to an activating group) is 1. The summed E-state index contributed by atoms with van der Waals surface area (Å²) in [7, 11) is 1.77. The second kappa shape index (κ2) is 10.8. The van der Waals surface area contributed by atoms with E-state index in [-0.39, 0.29) is 24.2 Å². The van der Waals surface area contributed by atoms with E-state index in [1.54, 1.807) is 29.7 Å². The van der Waals surface area contributed by atoms with Crippen molar-refractivity contribution in [3.05, 3.63) is 76.3 Å². The Bertz CT molecular complexity index is 1160. The number of rotatable bonds is 8. The molecule has 0 saturated heterocycles. The van der Waals surface area contributed by atoms with Gasteiger partial charge in [0.1, 0.15) is 5.15 Å². The lowest BCUT2D eigenvalue weighted by Gasteiger charge is -2.21. The first-order valence-electron chi connectivity index (χ1n) is 11.4. The third-order valence-electron chi connectivity index (χ3n) is 5.92. The van der Waals surface area contributed by atoms with Gasteiger partial charge in [0.05, 0.1) is 30.6 Å². The molecule has 0 spiro atoms. The van der Waals surface area contributed by atoms with Crippen LogP contribution in [0.4, 0.5) is 5.69 Å². The van der Waals surface area contributed by atoms with Gasteiger partial charge in [-0.2, -0.15) is 5.10 Å². The largest absolute Gasteiger partial charge is 0.461 e. The lowest BCUT2D eigenvalue weighted by atomic mass is 10.1. The minimum Gasteiger partial charge on any atom is -0.461 e. The third kappa shape index (κ3) is 5.13. The Morgan fingerprint density at radius 2 is 2.03 bits per heavy atom. The van der Waals surface area contributed by atoms with Crippen molar-refractivity contribution in [3.63, 3.8) is 0 Å². The molecule has 3 aromatic rings. The van der Waals surface area contributed by atoms with Crippen molar-refractivity contribution in [3.8, 4) is 0 Å². The van der Waals surface area contributed by atoms with E-state index < -0.39 is 5.97 Å². The molecule has 0 bridgehead atoms. The molecule has 0 saturated carbocycles. The molecule has 1 aromatic carbocycles. The topological polar surface area (TPSA) is 89.3 Å². The zero-order valence-electron chi connectivity index (χ0n) is 19.3. The van der Waals surface area contributed by atoms with Gasteiger partial charge in [-0.15, -0.1) is 0 Å². The standard InChI is InChI=1S/C25H28ClN5O3/c1-3-34-25(33)22-18(23(26)31(29-22)16-17-8-5-4-6-9-17)13-15-28-20-12-11-19-21(10-7-14-27-19)30(2)24(20)32/h4-10,14,20,28H,3,11-13,15-16H2,1-2H3. The van der Waals surface area contributed by atoms with Gasteiger partial charge in [-0.1, -0.05) is 41.9 Å². The number of carbonyl (C=O) groups excluding carboxylic acids is 2. The fraction of sp³-hybridized carbons (Fsp3) is 0.360. The van der Waals surface area contributed by atoms with Crippen molar-refractivity contribution in [2.24, 2.45) is 0 Å². The summed E-state index contributed by atoms with van der Waals surface area (Å²) < 4.78 is 6.82. The van der Waals surface area contributed by atoms with E-state index in [1.807, 2.05) is 42.5 Å². The summed E-state index contributed by atoms with van der Waals surface area (Å²) in [6.07, 6.45) is 3.52. The summed E-state index contributed by atoms with van der Waals surface area (Å²) in [4.78, 5) is 31.7. The van der Waals surface area contributed by atoms with Crippen LogP contribution >= 0.6 is 11.6 Å². The maximum Gasteiger partial charge on any atom is 0.359 e. The zero-order chi connectivity index (χ0) is 24.1. The van der Waals surface area contributed by atoms with Gasteiger partial charge in [-0.25, -0.2) is 9.48 Å². The fourth-order valence-electron chi connectivity index (χ4n) is 4.17. The van der Waals surface area contributed by atoms with Gasteiger partial charge in [0.25, 0.3) is 0 Å². The van der Waals surface area contributed by atoms with E-state index in [4.69, 9.17) is 16.3 Å². The molecule has 1 atom stereocenters. The number of aromatic nitrogens is 3. The molecule has 3 heterocycles. The van der Waals surface area contributed by atoms with Gasteiger partial charge in [0, 0.05) is 25.4 Å². The number of pyridine rings is 1. The molecular weight excluding hydrogens is 454 g/mol. The van der Waals surface area contributed by atoms with Crippen molar-refractivity contribution < 1.29 is 14.3 Å². The minimum atomic E-state index is -0.502. The number of ether oxygens (including phenoxy) is 1. The zero-order valence-corrected chi connectivity index (χ0v) is 20.1. The van der Waals surface area contributed by atoms with E-state index >= 15 is 0 Å². The Hall–Kier alpha value is -3.23. The van der Waals surface area contributed by atoms with Gasteiger partial charge >= 0.3 is 5.97 Å². The van der Waals surface area contributed by atoms with E-state index in [2.05, 4.69) is 15.4 Å². The number of nitrogens with zero attached hydrogens (tertiary/aromatic N) is 4. The predicted octanol–water partition coefficient (Wildman–Crippen LogP) is 3.27. The average Bonchev–Trinajstić information content (AvgIpc) is 3.10. The van der Waals surface area contributed by atoms with Gasteiger partial charge in [0.15, 0.2) is 5.69 Å². The molecule has 4 rings (SSSR count). The Morgan fingerprint density at radius 1 is 1.24 bits per heavy atom. The fourth-order valence-corrected chi connectivity index (χ4v) is 4.45. The number of carbonyl (C=O) groups is 2. The first-order valence-corrected chi connectivity index (χ1v) is 11.8. The number of esters is 1. The number of nitrogens with one attached hydrogen (secondary N) is 1. The van der Waals surface area contributed by atoms with Crippen LogP contribution < -0.4 is 10.2 Å². The Labute approximate surface area is 203 Å². The lowest BCUT2D eigenvalue weighted by molar-refractivity contribution is -0.120. The van der Waals surface area contributed by atoms with Crippen LogP contribution in [0.5, 0.6) is 0 Å². The molecule has 0 aliphatic carbocycles. The average molecular weight is 482 g/mol. The summed E-state index contributed by atoms with van der Waals surface area (Å²) in [5, 5.41) is 8.20. The van der Waals surface area contributed by atoms with Crippen LogP contribution in [0.25, 0.3) is 0 Å². The third-order valence-corrected chi connectivity index (χ3v) is 6.34. The predicted molar refractivity (Wildman–Crippen MR) is 130 cm³/mol. The van der Waals surface area contributed by atoms with Crippen LogP contribution in [0, 0.1) is 0 Å². The van der Waals surface area contributed by atoms with E-state index in [0.29, 0.717) is 43.1 Å². The Balaban J connectivity index is 1.48. The van der Waals surface area contributed by atoms with Crippen molar-refractivity contribution in [2.45, 2.75) is 38.8 Å². The van der Waals surface area contributed by atoms with Gasteiger partial charge < -0.3 is 15.0 Å². The van der Waals surface area contributed by atoms with Crippen LogP contribution in [-0.4, -0.2) is 52.9 Å². The monoisotopic (exact) mass is 481 g/mol. The highest BCUT2D eigenvalue weighted by atomic mass is 35.5. The molecule has 1 aliphatic heterocycles. The molecule has 1 unspecified atom stereocenters. The van der Waals surface area contributed by atoms with Crippen LogP contribution in [-0.2, 0) is 28.9 Å². The molecule has 1 N–H and O–H groups in total. The number of fused-ring (bicyclic) bond motifs is 1. The van der Waals surface area contributed by atoms with E-state index in [1.165, 1.54) is 0 Å². The number of amides is 1. The number of halogens is 1. The number of hydrogen-bond donors (Lipinski definition) is 1. The van der Waals surface area contributed by atoms with E-state index in [0.717, 1.165) is 16.9 Å². The van der Waals surface area contributed by atoms with Crippen LogP contribution in [0.15, 0.2) is 48.7 Å². The van der Waals surface area contributed by atoms with Crippen LogP contribution in [0.3, 0.4) is 0 Å². The number of aryl methyl sites for hydroxylation is 1. The first-order chi connectivity index (χ1) is 16.5. The molecule has 9 heteroatoms. The van der Waals surface area contributed by atoms with Crippen LogP contribution in [0.2, 0.25) is 5.15 Å². The molecular formula is C25H28ClN5O3. The van der Waals surface area contributed by atoms with Crippen LogP contribution in [0.1, 0.15) is 40.7 Å². The summed E-state index contributed by atoms with van der Waals surface area (Å²) in [5.41, 5.74) is 3.60. The quantitative estimate of drug-likeness (QED) is 0.497. The normalized spacial score (nSPS) is 15.7. The van der Waals surface area contributed by atoms with E-state index in [9.17, 15) is 9.59 Å². The number of hydrogen-bond acceptors (Lipinski definition) is 6. The molecule has 178 valence electrons. The van der Waals surface area contributed by atoms with Crippen molar-refractivity contribution in [2.75, 3.05) is 25.1 Å². The molecule has 34 heavy (non-hydrogen) atoms. The lowest BCUT2D eigenvalue weighted by Crippen LogP contribution is -2.45. The Morgan fingerprint density at radius 3 is 2.79 bits per heavy atom. The molecule has 1 aliphatic rings. The van der Waals surface area contributed by atoms with Crippen molar-refractivity contribution in [1.82, 2.24) is 20.1 Å².